The van der Waals surface area contributed by atoms with Gasteiger partial charge in [0.15, 0.2) is 0 Å². The van der Waals surface area contributed by atoms with Gasteiger partial charge in [-0.15, -0.1) is 12.4 Å². The molecular formula is C16H24BrClN2O. The van der Waals surface area contributed by atoms with E-state index in [4.69, 9.17) is 5.73 Å². The molecule has 0 radical (unpaired) electrons. The lowest BCUT2D eigenvalue weighted by Crippen LogP contribution is -2.39. The largest absolute Gasteiger partial charge is 0.355 e. The maximum atomic E-state index is 12.1. The number of carbonyl (C=O) groups is 1. The van der Waals surface area contributed by atoms with Crippen molar-refractivity contribution in [1.29, 1.82) is 0 Å². The van der Waals surface area contributed by atoms with E-state index in [1.165, 1.54) is 5.56 Å². The highest BCUT2D eigenvalue weighted by molar-refractivity contribution is 9.10. The van der Waals surface area contributed by atoms with Crippen LogP contribution in [0.2, 0.25) is 0 Å². The van der Waals surface area contributed by atoms with Gasteiger partial charge in [-0.05, 0) is 37.0 Å². The first-order valence-electron chi connectivity index (χ1n) is 7.18. The first kappa shape index (κ1) is 18.5. The maximum Gasteiger partial charge on any atom is 0.223 e. The zero-order valence-electron chi connectivity index (χ0n) is 12.6. The first-order valence-corrected chi connectivity index (χ1v) is 7.97. The molecule has 1 fully saturated rings. The lowest BCUT2D eigenvalue weighted by molar-refractivity contribution is -0.125. The second-order valence-corrected chi connectivity index (χ2v) is 7.29. The number of carbonyl (C=O) groups excluding carboxylic acids is 1. The molecule has 0 heterocycles. The molecule has 3 nitrogen and oxygen atoms in total. The van der Waals surface area contributed by atoms with Crippen LogP contribution in [0.4, 0.5) is 0 Å². The van der Waals surface area contributed by atoms with Crippen LogP contribution < -0.4 is 11.1 Å². The summed E-state index contributed by atoms with van der Waals surface area (Å²) in [5.74, 6) is 0.258. The lowest BCUT2D eigenvalue weighted by atomic mass is 9.84. The van der Waals surface area contributed by atoms with E-state index in [-0.39, 0.29) is 35.7 Å². The van der Waals surface area contributed by atoms with Crippen molar-refractivity contribution in [2.45, 2.75) is 44.6 Å². The summed E-state index contributed by atoms with van der Waals surface area (Å²) in [5.41, 5.74) is 7.02. The number of benzene rings is 1. The molecule has 0 aromatic heterocycles. The Morgan fingerprint density at radius 2 is 1.95 bits per heavy atom. The van der Waals surface area contributed by atoms with E-state index in [2.05, 4.69) is 47.2 Å². The topological polar surface area (TPSA) is 55.1 Å². The third-order valence-corrected chi connectivity index (χ3v) is 4.70. The molecule has 21 heavy (non-hydrogen) atoms. The molecule has 2 atom stereocenters. The summed E-state index contributed by atoms with van der Waals surface area (Å²) >= 11 is 3.44. The molecule has 2 unspecified atom stereocenters. The van der Waals surface area contributed by atoms with E-state index < -0.39 is 0 Å². The molecule has 3 N–H and O–H groups in total. The van der Waals surface area contributed by atoms with Crippen LogP contribution in [0.1, 0.15) is 38.7 Å². The SMILES string of the molecule is CC(C)(CNC(=O)C1CCC(N)C1)c1ccc(Br)cc1.Cl. The third-order valence-electron chi connectivity index (χ3n) is 4.17. The molecule has 2 rings (SSSR count). The Labute approximate surface area is 141 Å². The van der Waals surface area contributed by atoms with Gasteiger partial charge in [-0.2, -0.15) is 0 Å². The summed E-state index contributed by atoms with van der Waals surface area (Å²) < 4.78 is 1.07. The third kappa shape index (κ3) is 4.97. The fourth-order valence-electron chi connectivity index (χ4n) is 2.71. The summed E-state index contributed by atoms with van der Waals surface area (Å²) in [7, 11) is 0. The van der Waals surface area contributed by atoms with Gasteiger partial charge in [0.2, 0.25) is 5.91 Å². The molecule has 1 amide bonds. The smallest absolute Gasteiger partial charge is 0.223 e. The van der Waals surface area contributed by atoms with Gasteiger partial charge in [0.25, 0.3) is 0 Å². The molecule has 118 valence electrons. The molecule has 0 spiro atoms. The summed E-state index contributed by atoms with van der Waals surface area (Å²) in [6.07, 6.45) is 2.71. The van der Waals surface area contributed by atoms with Crippen molar-refractivity contribution in [2.24, 2.45) is 11.7 Å². The minimum absolute atomic E-state index is 0. The Morgan fingerprint density at radius 3 is 2.48 bits per heavy atom. The van der Waals surface area contributed by atoms with E-state index in [0.717, 1.165) is 23.7 Å². The van der Waals surface area contributed by atoms with Gasteiger partial charge in [0.05, 0.1) is 0 Å². The molecule has 1 saturated carbocycles. The van der Waals surface area contributed by atoms with Crippen LogP contribution in [-0.2, 0) is 10.2 Å². The first-order chi connectivity index (χ1) is 9.38. The number of hydrogen-bond acceptors (Lipinski definition) is 2. The van der Waals surface area contributed by atoms with Gasteiger partial charge in [-0.1, -0.05) is 41.9 Å². The summed E-state index contributed by atoms with van der Waals surface area (Å²) in [6.45, 7) is 4.95. The van der Waals surface area contributed by atoms with Crippen LogP contribution in [0, 0.1) is 5.92 Å². The van der Waals surface area contributed by atoms with Crippen LogP contribution >= 0.6 is 28.3 Å². The van der Waals surface area contributed by atoms with Crippen molar-refractivity contribution in [3.8, 4) is 0 Å². The van der Waals surface area contributed by atoms with Gasteiger partial charge in [-0.25, -0.2) is 0 Å². The summed E-state index contributed by atoms with van der Waals surface area (Å²) in [5, 5.41) is 3.09. The zero-order chi connectivity index (χ0) is 14.8. The van der Waals surface area contributed by atoms with Gasteiger partial charge in [0, 0.05) is 28.4 Å². The summed E-state index contributed by atoms with van der Waals surface area (Å²) in [4.78, 5) is 12.1. The number of amides is 1. The Morgan fingerprint density at radius 1 is 1.33 bits per heavy atom. The Bertz CT molecular complexity index is 476. The molecule has 0 bridgehead atoms. The van der Waals surface area contributed by atoms with Crippen LogP contribution in [-0.4, -0.2) is 18.5 Å². The molecule has 1 aliphatic rings. The quantitative estimate of drug-likeness (QED) is 0.847. The Kier molecular flexibility index (Phi) is 6.70. The summed E-state index contributed by atoms with van der Waals surface area (Å²) in [6, 6.07) is 8.47. The van der Waals surface area contributed by atoms with Crippen molar-refractivity contribution in [1.82, 2.24) is 5.32 Å². The van der Waals surface area contributed by atoms with Crippen molar-refractivity contribution in [2.75, 3.05) is 6.54 Å². The van der Waals surface area contributed by atoms with E-state index in [9.17, 15) is 4.79 Å². The molecule has 1 aromatic carbocycles. The van der Waals surface area contributed by atoms with Crippen LogP contribution in [0.5, 0.6) is 0 Å². The monoisotopic (exact) mass is 374 g/mol. The number of halogens is 2. The second kappa shape index (κ2) is 7.61. The normalized spacial score (nSPS) is 21.7. The standard InChI is InChI=1S/C16H23BrN2O.ClH/c1-16(2,12-4-6-13(17)7-5-12)10-19-15(20)11-3-8-14(18)9-11;/h4-7,11,14H,3,8-10,18H2,1-2H3,(H,19,20);1H. The van der Waals surface area contributed by atoms with E-state index >= 15 is 0 Å². The lowest BCUT2D eigenvalue weighted by Gasteiger charge is -2.26. The van der Waals surface area contributed by atoms with Crippen LogP contribution in [0.3, 0.4) is 0 Å². The predicted molar refractivity (Wildman–Crippen MR) is 92.7 cm³/mol. The molecule has 5 heteroatoms. The minimum Gasteiger partial charge on any atom is -0.355 e. The second-order valence-electron chi connectivity index (χ2n) is 6.38. The van der Waals surface area contributed by atoms with Crippen molar-refractivity contribution >= 4 is 34.2 Å². The van der Waals surface area contributed by atoms with Gasteiger partial charge >= 0.3 is 0 Å². The van der Waals surface area contributed by atoms with E-state index in [0.29, 0.717) is 6.54 Å². The van der Waals surface area contributed by atoms with Crippen molar-refractivity contribution < 1.29 is 4.79 Å². The van der Waals surface area contributed by atoms with Crippen LogP contribution in [0.25, 0.3) is 0 Å². The highest BCUT2D eigenvalue weighted by Crippen LogP contribution is 2.26. The Balaban J connectivity index is 0.00000220. The molecular weight excluding hydrogens is 352 g/mol. The maximum absolute atomic E-state index is 12.1. The van der Waals surface area contributed by atoms with E-state index in [1.807, 2.05) is 12.1 Å². The molecule has 1 aromatic rings. The van der Waals surface area contributed by atoms with Gasteiger partial charge in [-0.3, -0.25) is 4.79 Å². The Hall–Kier alpha value is -0.580. The number of nitrogens with two attached hydrogens (primary N) is 1. The molecule has 0 aliphatic heterocycles. The van der Waals surface area contributed by atoms with Crippen LogP contribution in [0.15, 0.2) is 28.7 Å². The van der Waals surface area contributed by atoms with Crippen molar-refractivity contribution in [3.05, 3.63) is 34.3 Å². The molecule has 0 saturated heterocycles. The zero-order valence-corrected chi connectivity index (χ0v) is 15.0. The fourth-order valence-corrected chi connectivity index (χ4v) is 2.97. The predicted octanol–water partition coefficient (Wildman–Crippen LogP) is 3.39. The van der Waals surface area contributed by atoms with Crippen molar-refractivity contribution in [3.63, 3.8) is 0 Å². The fraction of sp³-hybridized carbons (Fsp3) is 0.562. The number of hydrogen-bond donors (Lipinski definition) is 2. The highest BCUT2D eigenvalue weighted by atomic mass is 79.9. The average Bonchev–Trinajstić information content (AvgIpc) is 2.83. The van der Waals surface area contributed by atoms with E-state index in [1.54, 1.807) is 0 Å². The number of nitrogens with one attached hydrogen (secondary N) is 1. The minimum atomic E-state index is -0.0723. The van der Waals surface area contributed by atoms with Gasteiger partial charge in [0.1, 0.15) is 0 Å². The average molecular weight is 376 g/mol. The number of rotatable bonds is 4. The molecule has 1 aliphatic carbocycles. The highest BCUT2D eigenvalue weighted by Gasteiger charge is 2.29. The van der Waals surface area contributed by atoms with Gasteiger partial charge < -0.3 is 11.1 Å².